The molecular weight excluding hydrogens is 427 g/mol. The molecule has 1 fully saturated rings. The summed E-state index contributed by atoms with van der Waals surface area (Å²) in [6, 6.07) is 7.14. The first-order chi connectivity index (χ1) is 13.6. The fraction of sp³-hybridized carbons (Fsp3) is 0.263. The van der Waals surface area contributed by atoms with Gasteiger partial charge >= 0.3 is 0 Å². The van der Waals surface area contributed by atoms with Crippen molar-refractivity contribution in [3.05, 3.63) is 47.1 Å². The van der Waals surface area contributed by atoms with Crippen LogP contribution in [0.15, 0.2) is 41.3 Å². The number of methoxy groups -OCH3 is 1. The molecule has 5 rings (SSSR count). The van der Waals surface area contributed by atoms with Crippen molar-refractivity contribution in [2.45, 2.75) is 25.0 Å². The Balaban J connectivity index is 1.57. The van der Waals surface area contributed by atoms with Crippen molar-refractivity contribution in [3.63, 3.8) is 0 Å². The zero-order valence-electron chi connectivity index (χ0n) is 14.9. The van der Waals surface area contributed by atoms with Crippen molar-refractivity contribution in [3.8, 4) is 5.69 Å². The largest absolute Gasteiger partial charge is 0.381 e. The smallest absolute Gasteiger partial charge is 0.224 e. The highest BCUT2D eigenvalue weighted by atomic mass is 79.9. The average Bonchev–Trinajstić information content (AvgIpc) is 3.00. The predicted molar refractivity (Wildman–Crippen MR) is 107 cm³/mol. The second-order valence-electron chi connectivity index (χ2n) is 6.81. The van der Waals surface area contributed by atoms with Crippen LogP contribution in [-0.2, 0) is 4.74 Å². The minimum atomic E-state index is -0.402. The van der Waals surface area contributed by atoms with Gasteiger partial charge in [-0.2, -0.15) is 10.1 Å². The van der Waals surface area contributed by atoms with Gasteiger partial charge in [-0.1, -0.05) is 6.07 Å². The summed E-state index contributed by atoms with van der Waals surface area (Å²) in [7, 11) is 1.72. The van der Waals surface area contributed by atoms with E-state index in [0.29, 0.717) is 32.8 Å². The lowest BCUT2D eigenvalue weighted by Gasteiger charge is -2.34. The Labute approximate surface area is 168 Å². The highest BCUT2D eigenvalue weighted by molar-refractivity contribution is 9.10. The van der Waals surface area contributed by atoms with Crippen molar-refractivity contribution in [2.75, 3.05) is 12.4 Å². The molecule has 0 unspecified atom stereocenters. The van der Waals surface area contributed by atoms with E-state index in [4.69, 9.17) is 4.74 Å². The molecule has 0 amide bonds. The van der Waals surface area contributed by atoms with Crippen molar-refractivity contribution < 1.29 is 9.13 Å². The van der Waals surface area contributed by atoms with Crippen LogP contribution in [-0.4, -0.2) is 44.0 Å². The van der Waals surface area contributed by atoms with E-state index in [9.17, 15) is 4.39 Å². The number of aromatic nitrogens is 5. The van der Waals surface area contributed by atoms with Gasteiger partial charge < -0.3 is 10.1 Å². The Hall–Kier alpha value is -2.65. The van der Waals surface area contributed by atoms with Crippen LogP contribution in [0.25, 0.3) is 27.6 Å². The molecule has 1 N–H and O–H groups in total. The SMILES string of the molecule is COC1CC(Nc2ncc3c(Br)nn(-c4cc(F)c5ncccc5c4)c3n2)C1. The third-order valence-electron chi connectivity index (χ3n) is 5.03. The minimum Gasteiger partial charge on any atom is -0.381 e. The summed E-state index contributed by atoms with van der Waals surface area (Å²) in [5, 5.41) is 9.25. The molecule has 1 aliphatic rings. The van der Waals surface area contributed by atoms with Crippen LogP contribution < -0.4 is 5.32 Å². The maximum Gasteiger partial charge on any atom is 0.224 e. The van der Waals surface area contributed by atoms with E-state index >= 15 is 0 Å². The van der Waals surface area contributed by atoms with Crippen molar-refractivity contribution >= 4 is 43.8 Å². The summed E-state index contributed by atoms with van der Waals surface area (Å²) < 4.78 is 22.1. The Bertz CT molecular complexity index is 1190. The summed E-state index contributed by atoms with van der Waals surface area (Å²) >= 11 is 3.45. The molecule has 142 valence electrons. The zero-order chi connectivity index (χ0) is 19.3. The molecular formula is C19H16BrFN6O. The molecule has 0 bridgehead atoms. The van der Waals surface area contributed by atoms with Crippen LogP contribution in [0, 0.1) is 5.82 Å². The number of pyridine rings is 1. The number of nitrogens with zero attached hydrogens (tertiary/aromatic N) is 5. The van der Waals surface area contributed by atoms with Gasteiger partial charge in [0.05, 0.1) is 17.2 Å². The van der Waals surface area contributed by atoms with Gasteiger partial charge in [0.25, 0.3) is 0 Å². The third-order valence-corrected chi connectivity index (χ3v) is 5.61. The Morgan fingerprint density at radius 3 is 2.96 bits per heavy atom. The number of nitrogens with one attached hydrogen (secondary N) is 1. The molecule has 0 aliphatic heterocycles. The number of rotatable bonds is 4. The van der Waals surface area contributed by atoms with Crippen molar-refractivity contribution in [2.24, 2.45) is 0 Å². The standard InChI is InChI=1S/C19H16BrFN6O/c1-28-13-6-11(7-13)24-19-23-9-14-17(20)26-27(18(14)25-19)12-5-10-3-2-4-22-16(10)15(21)8-12/h2-5,8-9,11,13H,6-7H2,1H3,(H,23,24,25). The maximum atomic E-state index is 14.5. The molecule has 1 aliphatic carbocycles. The molecule has 0 saturated heterocycles. The van der Waals surface area contributed by atoms with Gasteiger partial charge in [0.1, 0.15) is 10.1 Å². The quantitative estimate of drug-likeness (QED) is 0.516. The van der Waals surface area contributed by atoms with Gasteiger partial charge in [-0.3, -0.25) is 4.98 Å². The van der Waals surface area contributed by atoms with E-state index in [-0.39, 0.29) is 12.1 Å². The summed E-state index contributed by atoms with van der Waals surface area (Å²) in [5.74, 6) is 0.115. The van der Waals surface area contributed by atoms with E-state index in [0.717, 1.165) is 18.2 Å². The van der Waals surface area contributed by atoms with E-state index < -0.39 is 5.82 Å². The molecule has 1 aromatic carbocycles. The second kappa shape index (κ2) is 6.75. The molecule has 7 nitrogen and oxygen atoms in total. The highest BCUT2D eigenvalue weighted by Gasteiger charge is 2.29. The maximum absolute atomic E-state index is 14.5. The molecule has 1 saturated carbocycles. The van der Waals surface area contributed by atoms with Crippen LogP contribution >= 0.6 is 15.9 Å². The molecule has 3 heterocycles. The van der Waals surface area contributed by atoms with Crippen molar-refractivity contribution in [1.82, 2.24) is 24.7 Å². The number of halogens is 2. The molecule has 0 radical (unpaired) electrons. The first kappa shape index (κ1) is 17.4. The highest BCUT2D eigenvalue weighted by Crippen LogP contribution is 2.29. The topological polar surface area (TPSA) is 77.8 Å². The monoisotopic (exact) mass is 442 g/mol. The molecule has 4 aromatic rings. The average molecular weight is 443 g/mol. The van der Waals surface area contributed by atoms with Crippen LogP contribution in [0.1, 0.15) is 12.8 Å². The molecule has 9 heteroatoms. The van der Waals surface area contributed by atoms with Crippen LogP contribution in [0.3, 0.4) is 0 Å². The first-order valence-electron chi connectivity index (χ1n) is 8.87. The molecule has 0 atom stereocenters. The fourth-order valence-corrected chi connectivity index (χ4v) is 3.87. The number of hydrogen-bond donors (Lipinski definition) is 1. The fourth-order valence-electron chi connectivity index (χ4n) is 3.43. The van der Waals surface area contributed by atoms with E-state index in [1.807, 2.05) is 12.1 Å². The van der Waals surface area contributed by atoms with Gasteiger partial charge in [0, 0.05) is 37.0 Å². The number of hydrogen-bond acceptors (Lipinski definition) is 6. The van der Waals surface area contributed by atoms with E-state index in [1.165, 1.54) is 6.07 Å². The second-order valence-corrected chi connectivity index (χ2v) is 7.56. The Kier molecular flexibility index (Phi) is 4.21. The molecule has 28 heavy (non-hydrogen) atoms. The molecule has 3 aromatic heterocycles. The lowest BCUT2D eigenvalue weighted by Crippen LogP contribution is -2.40. The first-order valence-corrected chi connectivity index (χ1v) is 9.67. The van der Waals surface area contributed by atoms with Crippen LogP contribution in [0.2, 0.25) is 0 Å². The number of anilines is 1. The number of benzene rings is 1. The third kappa shape index (κ3) is 2.91. The number of ether oxygens (including phenoxy) is 1. The lowest BCUT2D eigenvalue weighted by molar-refractivity contribution is 0.0327. The summed E-state index contributed by atoms with van der Waals surface area (Å²) in [5.41, 5.74) is 1.49. The van der Waals surface area contributed by atoms with E-state index in [2.05, 4.69) is 41.3 Å². The van der Waals surface area contributed by atoms with Gasteiger partial charge in [-0.25, -0.2) is 14.1 Å². The van der Waals surface area contributed by atoms with Crippen LogP contribution in [0.5, 0.6) is 0 Å². The van der Waals surface area contributed by atoms with Crippen LogP contribution in [0.4, 0.5) is 10.3 Å². The van der Waals surface area contributed by atoms with E-state index in [1.54, 1.807) is 30.3 Å². The van der Waals surface area contributed by atoms with Gasteiger partial charge in [0.2, 0.25) is 5.95 Å². The predicted octanol–water partition coefficient (Wildman–Crippen LogP) is 3.85. The Morgan fingerprint density at radius 2 is 2.14 bits per heavy atom. The summed E-state index contributed by atoms with van der Waals surface area (Å²) in [4.78, 5) is 13.1. The Morgan fingerprint density at radius 1 is 1.29 bits per heavy atom. The van der Waals surface area contributed by atoms with Gasteiger partial charge in [0.15, 0.2) is 11.5 Å². The normalized spacial score (nSPS) is 19.1. The zero-order valence-corrected chi connectivity index (χ0v) is 16.5. The summed E-state index contributed by atoms with van der Waals surface area (Å²) in [6.45, 7) is 0. The molecule has 0 spiro atoms. The minimum absolute atomic E-state index is 0.284. The van der Waals surface area contributed by atoms with Gasteiger partial charge in [-0.15, -0.1) is 0 Å². The summed E-state index contributed by atoms with van der Waals surface area (Å²) in [6.07, 6.45) is 5.41. The van der Waals surface area contributed by atoms with Crippen molar-refractivity contribution in [1.29, 1.82) is 0 Å². The van der Waals surface area contributed by atoms with Gasteiger partial charge in [-0.05, 0) is 40.9 Å². The lowest BCUT2D eigenvalue weighted by atomic mass is 9.89. The number of fused-ring (bicyclic) bond motifs is 2.